The lowest BCUT2D eigenvalue weighted by atomic mass is 9.89. The Morgan fingerprint density at radius 2 is 1.82 bits per heavy atom. The minimum atomic E-state index is -0.116. The van der Waals surface area contributed by atoms with Gasteiger partial charge in [0.15, 0.2) is 0 Å². The molecular weight excluding hydrogens is 354 g/mol. The van der Waals surface area contributed by atoms with Crippen molar-refractivity contribution in [3.63, 3.8) is 0 Å². The summed E-state index contributed by atoms with van der Waals surface area (Å²) in [7, 11) is 0. The highest BCUT2D eigenvalue weighted by molar-refractivity contribution is 5.91. The van der Waals surface area contributed by atoms with E-state index in [4.69, 9.17) is 0 Å². The van der Waals surface area contributed by atoms with Crippen molar-refractivity contribution >= 4 is 17.8 Å². The lowest BCUT2D eigenvalue weighted by molar-refractivity contribution is -0.120. The summed E-state index contributed by atoms with van der Waals surface area (Å²) in [5, 5.41) is 10.2. The molecule has 2 aromatic rings. The van der Waals surface area contributed by atoms with Gasteiger partial charge in [0.05, 0.1) is 5.92 Å². The normalized spacial score (nSPS) is 20.9. The number of aromatic nitrogens is 5. The second-order valence-corrected chi connectivity index (χ2v) is 8.10. The predicted octanol–water partition coefficient (Wildman–Crippen LogP) is 3.11. The number of hydrogen-bond donors (Lipinski definition) is 2. The second-order valence-electron chi connectivity index (χ2n) is 8.10. The molecule has 2 aromatic heterocycles. The van der Waals surface area contributed by atoms with Crippen LogP contribution in [-0.2, 0) is 4.79 Å². The van der Waals surface area contributed by atoms with Crippen LogP contribution in [0.25, 0.3) is 0 Å². The summed E-state index contributed by atoms with van der Waals surface area (Å²) in [6, 6.07) is 1.96. The fourth-order valence-corrected chi connectivity index (χ4v) is 4.32. The highest BCUT2D eigenvalue weighted by atomic mass is 16.2. The smallest absolute Gasteiger partial charge is 0.248 e. The number of hydrogen-bond acceptors (Lipinski definition) is 6. The summed E-state index contributed by atoms with van der Waals surface area (Å²) in [5.41, 5.74) is 1.90. The van der Waals surface area contributed by atoms with Crippen molar-refractivity contribution in [3.8, 4) is 0 Å². The van der Waals surface area contributed by atoms with Crippen molar-refractivity contribution in [1.82, 2.24) is 25.1 Å². The van der Waals surface area contributed by atoms with Crippen molar-refractivity contribution in [3.05, 3.63) is 23.3 Å². The fourth-order valence-electron chi connectivity index (χ4n) is 4.32. The Balaban J connectivity index is 1.38. The molecule has 1 unspecified atom stereocenters. The minimum absolute atomic E-state index is 0.0248. The van der Waals surface area contributed by atoms with E-state index >= 15 is 0 Å². The van der Waals surface area contributed by atoms with Crippen molar-refractivity contribution in [2.75, 3.05) is 23.3 Å². The van der Waals surface area contributed by atoms with Crippen molar-refractivity contribution in [1.29, 1.82) is 0 Å². The van der Waals surface area contributed by atoms with E-state index in [0.29, 0.717) is 24.4 Å². The Bertz CT molecular complexity index is 807. The van der Waals surface area contributed by atoms with Gasteiger partial charge in [-0.3, -0.25) is 15.2 Å². The standard InChI is InChI=1S/C20H29N7O/c1-13-11-14(2)22-20(21-13)27-10-6-9-16(12-27)18(28)24-19-23-17(25-26-19)15-7-4-3-5-8-15/h11,15-16H,3-10,12H2,1-2H3,(H2,23,24,25,26,28). The molecule has 150 valence electrons. The van der Waals surface area contributed by atoms with Crippen LogP contribution in [0.15, 0.2) is 6.07 Å². The zero-order valence-corrected chi connectivity index (χ0v) is 16.7. The number of carbonyl (C=O) groups excluding carboxylic acids is 1. The number of amides is 1. The van der Waals surface area contributed by atoms with Gasteiger partial charge in [0.2, 0.25) is 17.8 Å². The molecule has 8 nitrogen and oxygen atoms in total. The van der Waals surface area contributed by atoms with E-state index in [1.54, 1.807) is 0 Å². The zero-order valence-electron chi connectivity index (χ0n) is 16.7. The average molecular weight is 384 g/mol. The topological polar surface area (TPSA) is 99.7 Å². The summed E-state index contributed by atoms with van der Waals surface area (Å²) < 4.78 is 0. The van der Waals surface area contributed by atoms with Crippen LogP contribution in [0, 0.1) is 19.8 Å². The molecule has 1 aliphatic heterocycles. The first-order valence-corrected chi connectivity index (χ1v) is 10.4. The monoisotopic (exact) mass is 383 g/mol. The Morgan fingerprint density at radius 3 is 2.57 bits per heavy atom. The number of aromatic amines is 1. The first-order valence-electron chi connectivity index (χ1n) is 10.4. The number of rotatable bonds is 4. The quantitative estimate of drug-likeness (QED) is 0.841. The van der Waals surface area contributed by atoms with Gasteiger partial charge in [0, 0.05) is 30.4 Å². The molecule has 1 amide bonds. The van der Waals surface area contributed by atoms with Gasteiger partial charge in [-0.15, -0.1) is 5.10 Å². The number of aryl methyl sites for hydroxylation is 2. The molecule has 0 bridgehead atoms. The van der Waals surface area contributed by atoms with E-state index in [9.17, 15) is 4.79 Å². The average Bonchev–Trinajstić information content (AvgIpc) is 3.16. The minimum Gasteiger partial charge on any atom is -0.340 e. The molecule has 1 saturated carbocycles. The number of nitrogens with one attached hydrogen (secondary N) is 2. The Hall–Kier alpha value is -2.51. The maximum atomic E-state index is 12.8. The Morgan fingerprint density at radius 1 is 1.07 bits per heavy atom. The molecule has 8 heteroatoms. The molecule has 28 heavy (non-hydrogen) atoms. The maximum absolute atomic E-state index is 12.8. The number of piperidine rings is 1. The molecular formula is C20H29N7O. The van der Waals surface area contributed by atoms with E-state index in [0.717, 1.165) is 49.4 Å². The van der Waals surface area contributed by atoms with Gasteiger partial charge in [-0.1, -0.05) is 19.3 Å². The molecule has 2 aliphatic rings. The fraction of sp³-hybridized carbons (Fsp3) is 0.650. The number of nitrogens with zero attached hydrogens (tertiary/aromatic N) is 5. The largest absolute Gasteiger partial charge is 0.340 e. The van der Waals surface area contributed by atoms with Crippen molar-refractivity contribution < 1.29 is 4.79 Å². The number of carbonyl (C=O) groups is 1. The van der Waals surface area contributed by atoms with Gasteiger partial charge in [-0.2, -0.15) is 4.98 Å². The summed E-state index contributed by atoms with van der Waals surface area (Å²) in [5.74, 6) is 2.32. The van der Waals surface area contributed by atoms with Gasteiger partial charge in [-0.05, 0) is 45.6 Å². The molecule has 2 fully saturated rings. The SMILES string of the molecule is Cc1cc(C)nc(N2CCCC(C(=O)Nc3n[nH]c(C4CCCCC4)n3)C2)n1. The van der Waals surface area contributed by atoms with Gasteiger partial charge >= 0.3 is 0 Å². The van der Waals surface area contributed by atoms with Crippen molar-refractivity contribution in [2.24, 2.45) is 5.92 Å². The zero-order chi connectivity index (χ0) is 19.5. The van der Waals surface area contributed by atoms with Gasteiger partial charge < -0.3 is 4.90 Å². The van der Waals surface area contributed by atoms with Crippen LogP contribution in [-0.4, -0.2) is 44.1 Å². The third kappa shape index (κ3) is 4.31. The molecule has 1 atom stereocenters. The molecule has 1 saturated heterocycles. The van der Waals surface area contributed by atoms with Crippen LogP contribution < -0.4 is 10.2 Å². The molecule has 2 N–H and O–H groups in total. The van der Waals surface area contributed by atoms with Crippen LogP contribution in [0.4, 0.5) is 11.9 Å². The van der Waals surface area contributed by atoms with E-state index < -0.39 is 0 Å². The third-order valence-corrected chi connectivity index (χ3v) is 5.78. The number of H-pyrrole nitrogens is 1. The molecule has 1 aliphatic carbocycles. The van der Waals surface area contributed by atoms with E-state index in [-0.39, 0.29) is 11.8 Å². The molecule has 0 radical (unpaired) electrons. The molecule has 0 aromatic carbocycles. The first kappa shape index (κ1) is 18.8. The van der Waals surface area contributed by atoms with E-state index in [2.05, 4.69) is 35.4 Å². The molecule has 4 rings (SSSR count). The highest BCUT2D eigenvalue weighted by Gasteiger charge is 2.28. The van der Waals surface area contributed by atoms with Crippen LogP contribution in [0.5, 0.6) is 0 Å². The lowest BCUT2D eigenvalue weighted by Gasteiger charge is -2.32. The summed E-state index contributed by atoms with van der Waals surface area (Å²) in [4.78, 5) is 28.5. The van der Waals surface area contributed by atoms with Gasteiger partial charge in [0.25, 0.3) is 0 Å². The second kappa shape index (κ2) is 8.24. The van der Waals surface area contributed by atoms with Gasteiger partial charge in [-0.25, -0.2) is 9.97 Å². The maximum Gasteiger partial charge on any atom is 0.248 e. The summed E-state index contributed by atoms with van der Waals surface area (Å²) in [6.07, 6.45) is 7.88. The summed E-state index contributed by atoms with van der Waals surface area (Å²) in [6.45, 7) is 5.44. The number of anilines is 2. The van der Waals surface area contributed by atoms with Crippen molar-refractivity contribution in [2.45, 2.75) is 64.7 Å². The Labute approximate surface area is 165 Å². The Kier molecular flexibility index (Phi) is 5.54. The van der Waals surface area contributed by atoms with Gasteiger partial charge in [0.1, 0.15) is 5.82 Å². The summed E-state index contributed by atoms with van der Waals surface area (Å²) >= 11 is 0. The van der Waals surface area contributed by atoms with E-state index in [1.165, 1.54) is 19.3 Å². The lowest BCUT2D eigenvalue weighted by Crippen LogP contribution is -2.41. The van der Waals surface area contributed by atoms with Crippen LogP contribution in [0.3, 0.4) is 0 Å². The van der Waals surface area contributed by atoms with Crippen LogP contribution in [0.1, 0.15) is 68.1 Å². The highest BCUT2D eigenvalue weighted by Crippen LogP contribution is 2.31. The molecule has 3 heterocycles. The molecule has 0 spiro atoms. The van der Waals surface area contributed by atoms with Crippen LogP contribution >= 0.6 is 0 Å². The third-order valence-electron chi connectivity index (χ3n) is 5.78. The first-order chi connectivity index (χ1) is 13.6. The van der Waals surface area contributed by atoms with Crippen LogP contribution in [0.2, 0.25) is 0 Å². The predicted molar refractivity (Wildman–Crippen MR) is 107 cm³/mol. The van der Waals surface area contributed by atoms with E-state index in [1.807, 2.05) is 19.9 Å².